The minimum Gasteiger partial charge on any atom is -0.364 e. The number of piperazine rings is 1. The van der Waals surface area contributed by atoms with Crippen molar-refractivity contribution in [3.05, 3.63) is 75.6 Å². The first-order valence-corrected chi connectivity index (χ1v) is 26.1. The second-order valence-corrected chi connectivity index (χ2v) is 18.9. The van der Waals surface area contributed by atoms with Gasteiger partial charge in [-0.25, -0.2) is 34.6 Å². The van der Waals surface area contributed by atoms with Crippen LogP contribution in [0.1, 0.15) is 64.8 Å². The molecule has 6 N–H and O–H groups in total. The molecule has 4 aliphatic rings. The summed E-state index contributed by atoms with van der Waals surface area (Å²) in [5.41, 5.74) is 28.5. The molecule has 0 saturated carbocycles. The Labute approximate surface area is 410 Å². The standard InChI is InChI=1S/C18H25N7OS.C13H14ClN5OS.C13H13N5OS/c1-23-5-7-24(8-6-23)9-10-25-16-13(15(22-25)17(19)26)4-3-12-11-20-18(27-2)21-14(12)16;1-21-13-16-6-7-2-3-8-10(12(15)20)18-19(5-4-14)11(8)9(7)17-13;1-3-18-11-8(10(17-18)12(14)19)5-4-7-6-15-13(20-2)16-9(7)11/h11H,3-10H2,1-2H3,(H2,19,26);6H,2-5H2,1H3,(H2,15,20);3,6H,1,4-5H2,2H3,(H2,14,19). The fourth-order valence-electron chi connectivity index (χ4n) is 8.81. The van der Waals surface area contributed by atoms with Gasteiger partial charge in [0.15, 0.2) is 32.6 Å². The largest absolute Gasteiger partial charge is 0.364 e. The second kappa shape index (κ2) is 21.3. The summed E-state index contributed by atoms with van der Waals surface area (Å²) in [5.74, 6) is -1.10. The maximum Gasteiger partial charge on any atom is 0.269 e. The van der Waals surface area contributed by atoms with Gasteiger partial charge in [0.05, 0.1) is 47.3 Å². The molecule has 0 radical (unpaired) electrons. The number of likely N-dealkylation sites (N-methyl/N-ethyl adjacent to an activating group) is 1. The average molecular weight is 999 g/mol. The van der Waals surface area contributed by atoms with Gasteiger partial charge in [-0.05, 0) is 81.0 Å². The van der Waals surface area contributed by atoms with Gasteiger partial charge in [-0.2, -0.15) is 15.3 Å². The van der Waals surface area contributed by atoms with Crippen LogP contribution in [0.15, 0.2) is 40.6 Å². The fraction of sp³-hybridized carbons (Fsp3) is 0.409. The molecule has 0 spiro atoms. The van der Waals surface area contributed by atoms with Crippen LogP contribution in [-0.4, -0.2) is 151 Å². The van der Waals surface area contributed by atoms with Crippen molar-refractivity contribution in [2.75, 3.05) is 64.4 Å². The second-order valence-electron chi connectivity index (χ2n) is 16.2. The molecule has 1 saturated heterocycles. The predicted octanol–water partition coefficient (Wildman–Crippen LogP) is 3.37. The van der Waals surface area contributed by atoms with E-state index in [-0.39, 0.29) is 0 Å². The summed E-state index contributed by atoms with van der Waals surface area (Å²) in [7, 11) is 2.15. The summed E-state index contributed by atoms with van der Waals surface area (Å²) in [5, 5.41) is 15.2. The number of alkyl halides is 1. The van der Waals surface area contributed by atoms with E-state index in [2.05, 4.69) is 63.6 Å². The Hall–Kier alpha value is -5.72. The van der Waals surface area contributed by atoms with E-state index in [1.807, 2.05) is 42.0 Å². The number of halogens is 1. The zero-order chi connectivity index (χ0) is 48.2. The van der Waals surface area contributed by atoms with Crippen LogP contribution in [0.3, 0.4) is 0 Å². The molecule has 1 fully saturated rings. The Morgan fingerprint density at radius 3 is 1.40 bits per heavy atom. The Bertz CT molecular complexity index is 2910. The maximum absolute atomic E-state index is 12.0. The summed E-state index contributed by atoms with van der Waals surface area (Å²) >= 11 is 10.3. The van der Waals surface area contributed by atoms with Gasteiger partial charge in [0.2, 0.25) is 0 Å². The molecule has 10 rings (SSSR count). The van der Waals surface area contributed by atoms with Crippen molar-refractivity contribution in [1.82, 2.24) is 69.0 Å². The van der Waals surface area contributed by atoms with Crippen LogP contribution < -0.4 is 17.2 Å². The van der Waals surface area contributed by atoms with Crippen LogP contribution in [0.5, 0.6) is 0 Å². The number of carbonyl (C=O) groups is 3. The molecule has 356 valence electrons. The number of aryl methyl sites for hydroxylation is 4. The van der Waals surface area contributed by atoms with Crippen molar-refractivity contribution in [3.8, 4) is 34.2 Å². The van der Waals surface area contributed by atoms with Crippen LogP contribution in [0.2, 0.25) is 0 Å². The third-order valence-electron chi connectivity index (χ3n) is 12.2. The molecule has 3 aliphatic carbocycles. The van der Waals surface area contributed by atoms with Crippen LogP contribution in [0.4, 0.5) is 0 Å². The Kier molecular flexibility index (Phi) is 15.3. The topological polar surface area (TPSA) is 267 Å². The van der Waals surface area contributed by atoms with Crippen molar-refractivity contribution >= 4 is 70.8 Å². The number of thioether (sulfide) groups is 3. The third kappa shape index (κ3) is 9.90. The molecule has 6 aromatic heterocycles. The lowest BCUT2D eigenvalue weighted by molar-refractivity contribution is 0.0985. The lowest BCUT2D eigenvalue weighted by Crippen LogP contribution is -2.45. The van der Waals surface area contributed by atoms with Crippen molar-refractivity contribution in [2.24, 2.45) is 17.2 Å². The first kappa shape index (κ1) is 48.7. The predicted molar refractivity (Wildman–Crippen MR) is 264 cm³/mol. The number of carbonyl (C=O) groups excluding carboxylic acids is 3. The quantitative estimate of drug-likeness (QED) is 0.0901. The number of hydrogen-bond acceptors (Lipinski definition) is 17. The minimum atomic E-state index is -0.524. The van der Waals surface area contributed by atoms with E-state index < -0.39 is 17.7 Å². The van der Waals surface area contributed by atoms with E-state index in [1.165, 1.54) is 35.3 Å². The molecule has 0 aromatic carbocycles. The monoisotopic (exact) mass is 997 g/mol. The van der Waals surface area contributed by atoms with E-state index >= 15 is 0 Å². The first-order chi connectivity index (χ1) is 32.9. The first-order valence-electron chi connectivity index (χ1n) is 21.9. The summed E-state index contributed by atoms with van der Waals surface area (Å²) in [6, 6.07) is 0. The molecule has 1 aliphatic heterocycles. The molecule has 68 heavy (non-hydrogen) atoms. The highest BCUT2D eigenvalue weighted by atomic mass is 35.5. The molecule has 7 heterocycles. The summed E-state index contributed by atoms with van der Waals surface area (Å²) in [4.78, 5) is 66.7. The minimum absolute atomic E-state index is 0.301. The van der Waals surface area contributed by atoms with Gasteiger partial charge in [0.1, 0.15) is 0 Å². The number of aromatic nitrogens is 12. The smallest absolute Gasteiger partial charge is 0.269 e. The Balaban J connectivity index is 0.000000140. The highest BCUT2D eigenvalue weighted by Crippen LogP contribution is 2.37. The van der Waals surface area contributed by atoms with Crippen LogP contribution in [0.25, 0.3) is 40.4 Å². The molecule has 6 aromatic rings. The zero-order valence-electron chi connectivity index (χ0n) is 38.2. The molecular formula is C44H52ClN17O3S3. The molecule has 3 amide bonds. The van der Waals surface area contributed by atoms with Gasteiger partial charge in [-0.1, -0.05) is 41.9 Å². The molecular weight excluding hydrogens is 946 g/mol. The number of primary amides is 3. The van der Waals surface area contributed by atoms with Gasteiger partial charge >= 0.3 is 0 Å². The molecule has 24 heteroatoms. The lowest BCUT2D eigenvalue weighted by Gasteiger charge is -2.32. The van der Waals surface area contributed by atoms with Crippen LogP contribution >= 0.6 is 46.9 Å². The Morgan fingerprint density at radius 2 is 1.00 bits per heavy atom. The van der Waals surface area contributed by atoms with Crippen LogP contribution in [-0.2, 0) is 51.6 Å². The van der Waals surface area contributed by atoms with Crippen molar-refractivity contribution in [1.29, 1.82) is 0 Å². The number of hydrogen-bond donors (Lipinski definition) is 3. The average Bonchev–Trinajstić information content (AvgIpc) is 4.06. The van der Waals surface area contributed by atoms with Gasteiger partial charge in [0, 0.05) is 80.1 Å². The highest BCUT2D eigenvalue weighted by Gasteiger charge is 2.32. The van der Waals surface area contributed by atoms with E-state index in [9.17, 15) is 14.4 Å². The van der Waals surface area contributed by atoms with E-state index in [0.29, 0.717) is 52.7 Å². The van der Waals surface area contributed by atoms with Crippen LogP contribution in [0, 0.1) is 0 Å². The van der Waals surface area contributed by atoms with Crippen molar-refractivity contribution < 1.29 is 14.4 Å². The fourth-order valence-corrected chi connectivity index (χ4v) is 9.99. The number of nitrogens with zero attached hydrogens (tertiary/aromatic N) is 14. The summed E-state index contributed by atoms with van der Waals surface area (Å²) < 4.78 is 5.24. The van der Waals surface area contributed by atoms with Gasteiger partial charge in [0.25, 0.3) is 17.7 Å². The molecule has 20 nitrogen and oxygen atoms in total. The van der Waals surface area contributed by atoms with Crippen molar-refractivity contribution in [2.45, 2.75) is 67.1 Å². The van der Waals surface area contributed by atoms with E-state index in [1.54, 1.807) is 15.6 Å². The molecule has 0 bridgehead atoms. The van der Waals surface area contributed by atoms with Gasteiger partial charge in [-0.15, -0.1) is 11.6 Å². The number of amides is 3. The van der Waals surface area contributed by atoms with E-state index in [4.69, 9.17) is 33.8 Å². The molecule has 0 atom stereocenters. The third-order valence-corrected chi connectivity index (χ3v) is 14.0. The van der Waals surface area contributed by atoms with Gasteiger partial charge < -0.3 is 22.1 Å². The zero-order valence-corrected chi connectivity index (χ0v) is 41.4. The summed E-state index contributed by atoms with van der Waals surface area (Å²) in [6.45, 7) is 10.1. The normalized spacial score (nSPS) is 14.7. The highest BCUT2D eigenvalue weighted by molar-refractivity contribution is 7.98. The SMILES string of the molecule is C=Cn1nc(C(N)=O)c2c1-c1nc(SC)ncc1CC2.CSc1ncc2c(n1)-c1c(c(C(N)=O)nn1CCCl)CC2.CSc1ncc2c(n1)-c1c(c(C(N)=O)nn1CCN1CCN(C)CC1)CC2. The van der Waals surface area contributed by atoms with E-state index in [0.717, 1.165) is 138 Å². The van der Waals surface area contributed by atoms with Gasteiger partial charge in [-0.3, -0.25) is 28.6 Å². The Morgan fingerprint density at radius 1 is 0.603 bits per heavy atom. The maximum atomic E-state index is 12.0. The summed E-state index contributed by atoms with van der Waals surface area (Å²) in [6.07, 6.45) is 17.5. The molecule has 0 unspecified atom stereocenters. The number of nitrogens with two attached hydrogens (primary N) is 3. The lowest BCUT2D eigenvalue weighted by atomic mass is 9.93. The number of fused-ring (bicyclic) bond motifs is 9. The number of rotatable bonds is 12. The van der Waals surface area contributed by atoms with Crippen molar-refractivity contribution in [3.63, 3.8) is 0 Å².